The van der Waals surface area contributed by atoms with E-state index in [1.807, 2.05) is 0 Å². The molecule has 9 aromatic carbocycles. The summed E-state index contributed by atoms with van der Waals surface area (Å²) >= 11 is 0. The summed E-state index contributed by atoms with van der Waals surface area (Å²) in [6.07, 6.45) is 0. The van der Waals surface area contributed by atoms with Crippen LogP contribution in [0.15, 0.2) is 182 Å². The van der Waals surface area contributed by atoms with Crippen molar-refractivity contribution in [3.63, 3.8) is 0 Å². The smallest absolute Gasteiger partial charge is 0.145 e. The quantitative estimate of drug-likeness (QED) is 0.168. The van der Waals surface area contributed by atoms with Crippen LogP contribution in [0.3, 0.4) is 0 Å². The van der Waals surface area contributed by atoms with E-state index >= 15 is 0 Å². The Kier molecular flexibility index (Phi) is 6.63. The summed E-state index contributed by atoms with van der Waals surface area (Å²) in [4.78, 5) is 5.18. The van der Waals surface area contributed by atoms with Crippen LogP contribution in [0, 0.1) is 0 Å². The number of hydrogen-bond donors (Lipinski definition) is 0. The fourth-order valence-corrected chi connectivity index (χ4v) is 9.24. The van der Waals surface area contributed by atoms with E-state index in [0.29, 0.717) is 0 Å². The number of fused-ring (bicyclic) bond motifs is 7. The number of rotatable bonds is 4. The molecule has 254 valence electrons. The number of imidazole rings is 1. The van der Waals surface area contributed by atoms with Crippen LogP contribution < -0.4 is 0 Å². The topological polar surface area (TPSA) is 17.8 Å². The largest absolute Gasteiger partial charge is 0.292 e. The van der Waals surface area contributed by atoms with E-state index in [2.05, 4.69) is 200 Å². The first-order chi connectivity index (χ1) is 26.5. The molecule has 1 aliphatic rings. The van der Waals surface area contributed by atoms with Crippen LogP contribution in [-0.4, -0.2) is 9.55 Å². The molecule has 0 N–H and O–H groups in total. The molecule has 54 heavy (non-hydrogen) atoms. The Balaban J connectivity index is 1.22. The maximum Gasteiger partial charge on any atom is 0.145 e. The van der Waals surface area contributed by atoms with Crippen molar-refractivity contribution < 1.29 is 0 Å². The average molecular weight is 689 g/mol. The minimum Gasteiger partial charge on any atom is -0.292 e. The zero-order valence-corrected chi connectivity index (χ0v) is 30.2. The molecule has 1 aliphatic carbocycles. The maximum absolute atomic E-state index is 5.18. The summed E-state index contributed by atoms with van der Waals surface area (Å²) in [6, 6.07) is 66.6. The van der Waals surface area contributed by atoms with Gasteiger partial charge in [-0.25, -0.2) is 4.98 Å². The molecule has 2 nitrogen and oxygen atoms in total. The molecule has 1 heterocycles. The van der Waals surface area contributed by atoms with Crippen LogP contribution in [0.5, 0.6) is 0 Å². The van der Waals surface area contributed by atoms with E-state index in [1.165, 1.54) is 76.8 Å². The van der Waals surface area contributed by atoms with Gasteiger partial charge in [0, 0.05) is 16.7 Å². The van der Waals surface area contributed by atoms with Gasteiger partial charge in [-0.1, -0.05) is 153 Å². The lowest BCUT2D eigenvalue weighted by Crippen LogP contribution is -2.16. The summed E-state index contributed by atoms with van der Waals surface area (Å²) in [7, 11) is 0. The van der Waals surface area contributed by atoms with Gasteiger partial charge in [0.1, 0.15) is 5.82 Å². The highest BCUT2D eigenvalue weighted by atomic mass is 15.1. The molecule has 0 spiro atoms. The minimum absolute atomic E-state index is 0.220. The molecular weight excluding hydrogens is 653 g/mol. The van der Waals surface area contributed by atoms with Crippen LogP contribution in [0.2, 0.25) is 0 Å². The van der Waals surface area contributed by atoms with Gasteiger partial charge in [0.05, 0.1) is 11.0 Å². The van der Waals surface area contributed by atoms with Crippen molar-refractivity contribution in [3.05, 3.63) is 193 Å². The molecule has 2 heteroatoms. The Morgan fingerprint density at radius 3 is 1.78 bits per heavy atom. The molecule has 0 atom stereocenters. The zero-order chi connectivity index (χ0) is 36.0. The normalized spacial score (nSPS) is 13.1. The third kappa shape index (κ3) is 4.50. The predicted octanol–water partition coefficient (Wildman–Crippen LogP) is 13.8. The van der Waals surface area contributed by atoms with Gasteiger partial charge >= 0.3 is 0 Å². The third-order valence-corrected chi connectivity index (χ3v) is 11.7. The van der Waals surface area contributed by atoms with Crippen molar-refractivity contribution in [2.45, 2.75) is 19.3 Å². The van der Waals surface area contributed by atoms with Crippen LogP contribution in [0.25, 0.3) is 93.8 Å². The lowest BCUT2D eigenvalue weighted by atomic mass is 9.75. The van der Waals surface area contributed by atoms with Gasteiger partial charge in [-0.15, -0.1) is 0 Å². The number of nitrogens with zero attached hydrogens (tertiary/aromatic N) is 2. The molecule has 0 saturated heterocycles. The minimum atomic E-state index is -0.220. The van der Waals surface area contributed by atoms with E-state index in [-0.39, 0.29) is 5.41 Å². The van der Waals surface area contributed by atoms with Gasteiger partial charge in [-0.3, -0.25) is 4.57 Å². The van der Waals surface area contributed by atoms with Crippen LogP contribution in [-0.2, 0) is 5.41 Å². The van der Waals surface area contributed by atoms with Gasteiger partial charge in [-0.2, -0.15) is 0 Å². The molecule has 0 fully saturated rings. The van der Waals surface area contributed by atoms with E-state index in [9.17, 15) is 0 Å². The van der Waals surface area contributed by atoms with Crippen LogP contribution >= 0.6 is 0 Å². The fraction of sp³-hybridized carbons (Fsp3) is 0.0577. The molecular formula is C52H36N2. The van der Waals surface area contributed by atoms with E-state index in [1.54, 1.807) is 0 Å². The SMILES string of the molecule is CC1(C)c2ccccc2-c2c1c(-c1ccc3ccccc3c1)c1cc3ccccc3cc1c2-c1ccc(-c2nc3ccccc3n2-c2ccccc2)cc1. The van der Waals surface area contributed by atoms with Crippen molar-refractivity contribution in [1.82, 2.24) is 9.55 Å². The maximum atomic E-state index is 5.18. The highest BCUT2D eigenvalue weighted by Crippen LogP contribution is 2.58. The Morgan fingerprint density at radius 2 is 1.02 bits per heavy atom. The molecule has 0 amide bonds. The lowest BCUT2D eigenvalue weighted by Gasteiger charge is -2.28. The number of para-hydroxylation sites is 3. The Morgan fingerprint density at radius 1 is 0.444 bits per heavy atom. The number of hydrogen-bond acceptors (Lipinski definition) is 1. The molecule has 11 rings (SSSR count). The Bertz CT molecular complexity index is 3110. The van der Waals surface area contributed by atoms with Crippen LogP contribution in [0.1, 0.15) is 25.0 Å². The average Bonchev–Trinajstić information content (AvgIpc) is 3.72. The van der Waals surface area contributed by atoms with Crippen molar-refractivity contribution in [1.29, 1.82) is 0 Å². The molecule has 0 aliphatic heterocycles. The highest BCUT2D eigenvalue weighted by Gasteiger charge is 2.40. The third-order valence-electron chi connectivity index (χ3n) is 11.7. The van der Waals surface area contributed by atoms with Gasteiger partial charge in [0.2, 0.25) is 0 Å². The lowest BCUT2D eigenvalue weighted by molar-refractivity contribution is 0.663. The van der Waals surface area contributed by atoms with Gasteiger partial charge < -0.3 is 0 Å². The summed E-state index contributed by atoms with van der Waals surface area (Å²) in [6.45, 7) is 4.83. The standard InChI is InChI=1S/C52H36N2/c1-52(2)44-21-11-10-20-41(44)49-47(34-25-27-35(28-26-34)51-53-45-22-12-13-23-46(45)54(51)40-18-4-3-5-19-40)42-31-37-16-8-9-17-38(37)32-43(42)48(50(49)52)39-29-24-33-14-6-7-15-36(33)30-39/h3-32H,1-2H3. The summed E-state index contributed by atoms with van der Waals surface area (Å²) in [5, 5.41) is 7.57. The molecule has 0 radical (unpaired) electrons. The van der Waals surface area contributed by atoms with Gasteiger partial charge in [0.15, 0.2) is 0 Å². The van der Waals surface area contributed by atoms with Crippen molar-refractivity contribution in [2.75, 3.05) is 0 Å². The van der Waals surface area contributed by atoms with Crippen molar-refractivity contribution in [2.24, 2.45) is 0 Å². The first kappa shape index (κ1) is 30.8. The summed E-state index contributed by atoms with van der Waals surface area (Å²) in [5.41, 5.74) is 14.5. The summed E-state index contributed by atoms with van der Waals surface area (Å²) in [5.74, 6) is 0.938. The van der Waals surface area contributed by atoms with Crippen molar-refractivity contribution in [3.8, 4) is 50.5 Å². The molecule has 10 aromatic rings. The number of aromatic nitrogens is 2. The first-order valence-corrected chi connectivity index (χ1v) is 18.8. The Labute approximate surface area is 314 Å². The fourth-order valence-electron chi connectivity index (χ4n) is 9.24. The first-order valence-electron chi connectivity index (χ1n) is 18.8. The molecule has 0 saturated carbocycles. The zero-order valence-electron chi connectivity index (χ0n) is 30.2. The van der Waals surface area contributed by atoms with Gasteiger partial charge in [-0.05, 0) is 119 Å². The summed E-state index contributed by atoms with van der Waals surface area (Å²) < 4.78 is 2.28. The van der Waals surface area contributed by atoms with E-state index < -0.39 is 0 Å². The van der Waals surface area contributed by atoms with E-state index in [0.717, 1.165) is 28.1 Å². The highest BCUT2D eigenvalue weighted by molar-refractivity contribution is 6.18. The van der Waals surface area contributed by atoms with Gasteiger partial charge in [0.25, 0.3) is 0 Å². The second-order valence-corrected chi connectivity index (χ2v) is 15.1. The van der Waals surface area contributed by atoms with Crippen molar-refractivity contribution >= 4 is 43.4 Å². The second kappa shape index (κ2) is 11.6. The monoisotopic (exact) mass is 688 g/mol. The van der Waals surface area contributed by atoms with E-state index in [4.69, 9.17) is 4.98 Å². The number of benzene rings is 9. The van der Waals surface area contributed by atoms with Crippen LogP contribution in [0.4, 0.5) is 0 Å². The predicted molar refractivity (Wildman–Crippen MR) is 227 cm³/mol. The molecule has 0 unspecified atom stereocenters. The molecule has 0 bridgehead atoms. The Hall–Kier alpha value is -6.77. The second-order valence-electron chi connectivity index (χ2n) is 15.1. The molecule has 1 aromatic heterocycles.